The summed E-state index contributed by atoms with van der Waals surface area (Å²) in [6.45, 7) is 0. The molecule has 0 amide bonds. The molecule has 9 aromatic rings. The molecule has 0 N–H and O–H groups in total. The number of hydrogen-bond donors (Lipinski definition) is 0. The van der Waals surface area contributed by atoms with Crippen molar-refractivity contribution in [2.75, 3.05) is 0 Å². The van der Waals surface area contributed by atoms with Gasteiger partial charge in [0.25, 0.3) is 0 Å². The highest BCUT2D eigenvalue weighted by atomic mass is 14.9. The Hall–Kier alpha value is -7.23. The minimum atomic E-state index is 0.710. The fraction of sp³-hybridized carbons (Fsp3) is 0. The van der Waals surface area contributed by atoms with Crippen LogP contribution in [-0.4, -0.2) is 15.0 Å². The first-order valence-electron chi connectivity index (χ1n) is 18.2. The quantitative estimate of drug-likeness (QED) is 0.159. The zero-order chi connectivity index (χ0) is 36.1. The smallest absolute Gasteiger partial charge is 0.160 e. The van der Waals surface area contributed by atoms with Crippen molar-refractivity contribution < 1.29 is 0 Å². The van der Waals surface area contributed by atoms with Crippen molar-refractivity contribution in [3.63, 3.8) is 0 Å². The highest BCUT2D eigenvalue weighted by Gasteiger charge is 2.13. The topological polar surface area (TPSA) is 38.7 Å². The number of pyridine rings is 1. The molecular weight excluding hydrogens is 655 g/mol. The molecule has 2 heterocycles. The molecule has 0 saturated heterocycles. The molecule has 0 aliphatic heterocycles. The SMILES string of the molecule is c1ccc(-c2cc(-c3ccc(-c4cccc(-c5cccc(-c6cc(-c7ccccc7)nc(-c7ccccc7)n6)c5)c4)cc3)cc(-c3ccccc3)n2)cc1. The lowest BCUT2D eigenvalue weighted by Gasteiger charge is -2.12. The van der Waals surface area contributed by atoms with Crippen molar-refractivity contribution in [3.05, 3.63) is 212 Å². The molecule has 0 unspecified atom stereocenters. The minimum Gasteiger partial charge on any atom is -0.248 e. The van der Waals surface area contributed by atoms with Crippen molar-refractivity contribution in [1.29, 1.82) is 0 Å². The second kappa shape index (κ2) is 14.8. The fourth-order valence-electron chi connectivity index (χ4n) is 6.87. The Labute approximate surface area is 316 Å². The summed E-state index contributed by atoms with van der Waals surface area (Å²) in [6.07, 6.45) is 0. The summed E-state index contributed by atoms with van der Waals surface area (Å²) in [7, 11) is 0. The van der Waals surface area contributed by atoms with E-state index in [1.54, 1.807) is 0 Å². The number of rotatable bonds is 8. The molecule has 0 atom stereocenters. The third-order valence-electron chi connectivity index (χ3n) is 9.70. The summed E-state index contributed by atoms with van der Waals surface area (Å²) in [5, 5.41) is 0. The van der Waals surface area contributed by atoms with Crippen LogP contribution >= 0.6 is 0 Å². The zero-order valence-corrected chi connectivity index (χ0v) is 29.5. The van der Waals surface area contributed by atoms with Gasteiger partial charge in [0.05, 0.1) is 22.8 Å². The Morgan fingerprint density at radius 1 is 0.185 bits per heavy atom. The lowest BCUT2D eigenvalue weighted by Crippen LogP contribution is -1.96. The number of nitrogens with zero attached hydrogens (tertiary/aromatic N) is 3. The van der Waals surface area contributed by atoms with Gasteiger partial charge >= 0.3 is 0 Å². The van der Waals surface area contributed by atoms with Crippen molar-refractivity contribution >= 4 is 0 Å². The first kappa shape index (κ1) is 32.7. The van der Waals surface area contributed by atoms with Gasteiger partial charge in [0.15, 0.2) is 5.82 Å². The van der Waals surface area contributed by atoms with Gasteiger partial charge in [0.2, 0.25) is 0 Å². The molecule has 3 heteroatoms. The van der Waals surface area contributed by atoms with Crippen LogP contribution in [0.3, 0.4) is 0 Å². The van der Waals surface area contributed by atoms with Crippen LogP contribution in [0.1, 0.15) is 0 Å². The maximum absolute atomic E-state index is 5.06. The van der Waals surface area contributed by atoms with E-state index in [1.165, 1.54) is 0 Å². The van der Waals surface area contributed by atoms with E-state index in [0.717, 1.165) is 84.0 Å². The Morgan fingerprint density at radius 2 is 0.519 bits per heavy atom. The van der Waals surface area contributed by atoms with Gasteiger partial charge in [-0.05, 0) is 63.7 Å². The molecule has 0 aliphatic carbocycles. The van der Waals surface area contributed by atoms with Crippen molar-refractivity contribution in [1.82, 2.24) is 15.0 Å². The predicted octanol–water partition coefficient (Wildman–Crippen LogP) is 13.2. The van der Waals surface area contributed by atoms with Gasteiger partial charge < -0.3 is 0 Å². The fourth-order valence-corrected chi connectivity index (χ4v) is 6.87. The molecule has 54 heavy (non-hydrogen) atoms. The average Bonchev–Trinajstić information content (AvgIpc) is 3.27. The van der Waals surface area contributed by atoms with Crippen LogP contribution in [0.5, 0.6) is 0 Å². The number of hydrogen-bond acceptors (Lipinski definition) is 3. The van der Waals surface area contributed by atoms with E-state index in [2.05, 4.69) is 164 Å². The largest absolute Gasteiger partial charge is 0.248 e. The summed E-state index contributed by atoms with van der Waals surface area (Å²) in [4.78, 5) is 15.1. The maximum atomic E-state index is 5.06. The van der Waals surface area contributed by atoms with Crippen LogP contribution in [0.4, 0.5) is 0 Å². The van der Waals surface area contributed by atoms with Crippen molar-refractivity contribution in [2.24, 2.45) is 0 Å². The summed E-state index contributed by atoms with van der Waals surface area (Å²) >= 11 is 0. The third-order valence-corrected chi connectivity index (χ3v) is 9.70. The summed E-state index contributed by atoms with van der Waals surface area (Å²) in [6, 6.07) is 74.0. The lowest BCUT2D eigenvalue weighted by atomic mass is 9.95. The first-order chi connectivity index (χ1) is 26.7. The normalized spacial score (nSPS) is 11.0. The van der Waals surface area contributed by atoms with E-state index in [0.29, 0.717) is 5.82 Å². The van der Waals surface area contributed by atoms with E-state index < -0.39 is 0 Å². The molecule has 2 aromatic heterocycles. The van der Waals surface area contributed by atoms with Gasteiger partial charge in [-0.3, -0.25) is 0 Å². The second-order valence-electron chi connectivity index (χ2n) is 13.3. The molecule has 0 saturated carbocycles. The Morgan fingerprint density at radius 3 is 1.00 bits per heavy atom. The van der Waals surface area contributed by atoms with Crippen molar-refractivity contribution in [3.8, 4) is 89.8 Å². The second-order valence-corrected chi connectivity index (χ2v) is 13.3. The van der Waals surface area contributed by atoms with Gasteiger partial charge in [0, 0.05) is 27.8 Å². The van der Waals surface area contributed by atoms with Gasteiger partial charge in [0.1, 0.15) is 0 Å². The standard InChI is InChI=1S/C51H35N3/c1-5-15-38(16-6-1)47-33-46(34-48(52-47)39-17-7-2-8-18-39)37-29-27-36(28-30-37)42-23-13-24-43(31-42)44-25-14-26-45(32-44)50-35-49(40-19-9-3-10-20-40)53-51(54-50)41-21-11-4-12-22-41/h1-35H. The van der Waals surface area contributed by atoms with Crippen LogP contribution in [0, 0.1) is 0 Å². The van der Waals surface area contributed by atoms with Crippen LogP contribution < -0.4 is 0 Å². The molecule has 7 aromatic carbocycles. The van der Waals surface area contributed by atoms with E-state index in [9.17, 15) is 0 Å². The molecule has 0 aliphatic rings. The maximum Gasteiger partial charge on any atom is 0.160 e. The van der Waals surface area contributed by atoms with Gasteiger partial charge in [-0.1, -0.05) is 182 Å². The van der Waals surface area contributed by atoms with Gasteiger partial charge in [-0.25, -0.2) is 15.0 Å². The Balaban J connectivity index is 1.04. The van der Waals surface area contributed by atoms with E-state index >= 15 is 0 Å². The van der Waals surface area contributed by atoms with E-state index in [4.69, 9.17) is 15.0 Å². The van der Waals surface area contributed by atoms with E-state index in [-0.39, 0.29) is 0 Å². The van der Waals surface area contributed by atoms with Crippen LogP contribution in [0.25, 0.3) is 89.8 Å². The van der Waals surface area contributed by atoms with Crippen LogP contribution in [0.15, 0.2) is 212 Å². The summed E-state index contributed by atoms with van der Waals surface area (Å²) < 4.78 is 0. The van der Waals surface area contributed by atoms with Crippen LogP contribution in [-0.2, 0) is 0 Å². The highest BCUT2D eigenvalue weighted by Crippen LogP contribution is 2.34. The predicted molar refractivity (Wildman–Crippen MR) is 223 cm³/mol. The van der Waals surface area contributed by atoms with Crippen molar-refractivity contribution in [2.45, 2.75) is 0 Å². The molecule has 0 spiro atoms. The molecule has 254 valence electrons. The number of aromatic nitrogens is 3. The molecule has 3 nitrogen and oxygen atoms in total. The first-order valence-corrected chi connectivity index (χ1v) is 18.2. The molecule has 0 bridgehead atoms. The molecule has 9 rings (SSSR count). The molecular formula is C51H35N3. The monoisotopic (exact) mass is 689 g/mol. The molecule has 0 fully saturated rings. The highest BCUT2D eigenvalue weighted by molar-refractivity contribution is 5.81. The summed E-state index contributed by atoms with van der Waals surface area (Å²) in [5.41, 5.74) is 15.9. The van der Waals surface area contributed by atoms with Crippen LogP contribution in [0.2, 0.25) is 0 Å². The third kappa shape index (κ3) is 6.99. The lowest BCUT2D eigenvalue weighted by molar-refractivity contribution is 1.18. The molecule has 0 radical (unpaired) electrons. The van der Waals surface area contributed by atoms with Gasteiger partial charge in [-0.2, -0.15) is 0 Å². The number of benzene rings is 7. The zero-order valence-electron chi connectivity index (χ0n) is 29.5. The van der Waals surface area contributed by atoms with E-state index in [1.807, 2.05) is 48.5 Å². The van der Waals surface area contributed by atoms with Gasteiger partial charge in [-0.15, -0.1) is 0 Å². The summed E-state index contributed by atoms with van der Waals surface area (Å²) in [5.74, 6) is 0.710. The average molecular weight is 690 g/mol. The Bertz CT molecular complexity index is 2560. The Kier molecular flexibility index (Phi) is 8.94. The minimum absolute atomic E-state index is 0.710.